The van der Waals surface area contributed by atoms with E-state index in [-0.39, 0.29) is 23.3 Å². The molecule has 1 saturated heterocycles. The van der Waals surface area contributed by atoms with Crippen LogP contribution in [0.15, 0.2) is 76.3 Å². The highest BCUT2D eigenvalue weighted by atomic mass is 32.1. The number of hydrogen-bond acceptors (Lipinski definition) is 6. The summed E-state index contributed by atoms with van der Waals surface area (Å²) in [6.07, 6.45) is 3.79. The lowest BCUT2D eigenvalue weighted by Crippen LogP contribution is -2.25. The average Bonchev–Trinajstić information content (AvgIpc) is 3.58. The third-order valence-corrected chi connectivity index (χ3v) is 9.88. The number of hydrogen-bond donors (Lipinski definition) is 2. The topological polar surface area (TPSA) is 91.2 Å². The van der Waals surface area contributed by atoms with E-state index in [1.165, 1.54) is 22.7 Å². The molecule has 2 fully saturated rings. The minimum Gasteiger partial charge on any atom is -0.393 e. The van der Waals surface area contributed by atoms with Gasteiger partial charge in [0.2, 0.25) is 0 Å². The SMILES string of the molecule is O=c1[nH]c2cc(C3CCN(Cc4ccccc4)C3)ccc2nc1-c1cccc2c(=O)n(C3CCC(O)CC3)sc12. The Labute approximate surface area is 235 Å². The molecule has 7 nitrogen and oxygen atoms in total. The Morgan fingerprint density at radius 1 is 0.950 bits per heavy atom. The van der Waals surface area contributed by atoms with Crippen LogP contribution < -0.4 is 11.1 Å². The highest BCUT2D eigenvalue weighted by Crippen LogP contribution is 2.35. The van der Waals surface area contributed by atoms with Crippen LogP contribution >= 0.6 is 11.5 Å². The molecule has 0 bridgehead atoms. The summed E-state index contributed by atoms with van der Waals surface area (Å²) in [4.78, 5) is 37.0. The summed E-state index contributed by atoms with van der Waals surface area (Å²) < 4.78 is 2.63. The van der Waals surface area contributed by atoms with Gasteiger partial charge in [-0.05, 0) is 73.9 Å². The molecule has 2 N–H and O–H groups in total. The van der Waals surface area contributed by atoms with Gasteiger partial charge in [0.1, 0.15) is 5.69 Å². The molecule has 0 spiro atoms. The number of nitrogens with zero attached hydrogens (tertiary/aromatic N) is 3. The maximum atomic E-state index is 13.4. The summed E-state index contributed by atoms with van der Waals surface area (Å²) in [5.74, 6) is 0.419. The van der Waals surface area contributed by atoms with Gasteiger partial charge in [-0.15, -0.1) is 0 Å². The van der Waals surface area contributed by atoms with E-state index in [0.717, 1.165) is 54.6 Å². The Kier molecular flexibility index (Phi) is 6.62. The second-order valence-corrected chi connectivity index (χ2v) is 12.2. The minimum absolute atomic E-state index is 0.0250. The van der Waals surface area contributed by atoms with E-state index >= 15 is 0 Å². The normalized spacial score (nSPS) is 21.9. The molecule has 1 atom stereocenters. The monoisotopic (exact) mass is 552 g/mol. The first kappa shape index (κ1) is 25.4. The number of rotatable bonds is 5. The molecule has 5 aromatic rings. The molecule has 1 aliphatic heterocycles. The van der Waals surface area contributed by atoms with Crippen LogP contribution in [-0.4, -0.2) is 43.1 Å². The second-order valence-electron chi connectivity index (χ2n) is 11.3. The highest BCUT2D eigenvalue weighted by Gasteiger charge is 2.26. The first-order chi connectivity index (χ1) is 19.5. The number of aromatic nitrogens is 3. The molecular weight excluding hydrogens is 520 g/mol. The molecule has 0 amide bonds. The third-order valence-electron chi connectivity index (χ3n) is 8.60. The van der Waals surface area contributed by atoms with Gasteiger partial charge < -0.3 is 10.1 Å². The van der Waals surface area contributed by atoms with Crippen molar-refractivity contribution in [1.82, 2.24) is 18.8 Å². The van der Waals surface area contributed by atoms with Crippen LogP contribution in [0, 0.1) is 0 Å². The maximum absolute atomic E-state index is 13.4. The van der Waals surface area contributed by atoms with Gasteiger partial charge in [-0.2, -0.15) is 0 Å². The lowest BCUT2D eigenvalue weighted by molar-refractivity contribution is 0.112. The van der Waals surface area contributed by atoms with E-state index < -0.39 is 0 Å². The number of aromatic amines is 1. The van der Waals surface area contributed by atoms with E-state index in [2.05, 4.69) is 46.3 Å². The Bertz CT molecular complexity index is 1800. The van der Waals surface area contributed by atoms with E-state index in [4.69, 9.17) is 4.98 Å². The van der Waals surface area contributed by atoms with Gasteiger partial charge in [-0.1, -0.05) is 60.1 Å². The zero-order valence-corrected chi connectivity index (χ0v) is 23.1. The number of nitrogens with one attached hydrogen (secondary N) is 1. The van der Waals surface area contributed by atoms with Gasteiger partial charge >= 0.3 is 0 Å². The predicted molar refractivity (Wildman–Crippen MR) is 160 cm³/mol. The van der Waals surface area contributed by atoms with E-state index in [9.17, 15) is 14.7 Å². The zero-order chi connectivity index (χ0) is 27.2. The van der Waals surface area contributed by atoms with Crippen LogP contribution in [0.3, 0.4) is 0 Å². The van der Waals surface area contributed by atoms with Gasteiger partial charge in [0, 0.05) is 24.7 Å². The van der Waals surface area contributed by atoms with Crippen molar-refractivity contribution >= 4 is 32.7 Å². The molecule has 3 aromatic carbocycles. The van der Waals surface area contributed by atoms with Crippen LogP contribution in [0.4, 0.5) is 0 Å². The number of likely N-dealkylation sites (tertiary alicyclic amines) is 1. The number of benzene rings is 3. The number of aliphatic hydroxyl groups is 1. The van der Waals surface area contributed by atoms with Gasteiger partial charge in [0.25, 0.3) is 11.1 Å². The first-order valence-corrected chi connectivity index (χ1v) is 14.9. The molecule has 40 heavy (non-hydrogen) atoms. The summed E-state index contributed by atoms with van der Waals surface area (Å²) in [6.45, 7) is 3.00. The Hall–Kier alpha value is -3.59. The molecule has 1 aliphatic carbocycles. The quantitative estimate of drug-likeness (QED) is 0.303. The van der Waals surface area contributed by atoms with Crippen LogP contribution in [-0.2, 0) is 6.54 Å². The third kappa shape index (κ3) is 4.70. The van der Waals surface area contributed by atoms with E-state index in [0.29, 0.717) is 35.4 Å². The Morgan fingerprint density at radius 2 is 1.77 bits per heavy atom. The Balaban J connectivity index is 1.18. The molecule has 8 heteroatoms. The summed E-state index contributed by atoms with van der Waals surface area (Å²) >= 11 is 1.41. The maximum Gasteiger partial charge on any atom is 0.275 e. The van der Waals surface area contributed by atoms with Crippen molar-refractivity contribution in [2.75, 3.05) is 13.1 Å². The van der Waals surface area contributed by atoms with Crippen LogP contribution in [0.2, 0.25) is 0 Å². The number of fused-ring (bicyclic) bond motifs is 2. The van der Waals surface area contributed by atoms with Crippen molar-refractivity contribution in [3.05, 3.63) is 98.6 Å². The van der Waals surface area contributed by atoms with Crippen LogP contribution in [0.5, 0.6) is 0 Å². The largest absolute Gasteiger partial charge is 0.393 e. The fourth-order valence-corrected chi connectivity index (χ4v) is 7.67. The van der Waals surface area contributed by atoms with Gasteiger partial charge in [0.05, 0.1) is 27.2 Å². The molecular formula is C32H32N4O3S. The van der Waals surface area contributed by atoms with Crippen LogP contribution in [0.1, 0.15) is 55.2 Å². The molecule has 1 unspecified atom stereocenters. The lowest BCUT2D eigenvalue weighted by Gasteiger charge is -2.25. The molecule has 2 aromatic heterocycles. The van der Waals surface area contributed by atoms with Crippen molar-refractivity contribution in [3.8, 4) is 11.3 Å². The fourth-order valence-electron chi connectivity index (χ4n) is 6.41. The summed E-state index contributed by atoms with van der Waals surface area (Å²) in [5, 5.41) is 10.5. The smallest absolute Gasteiger partial charge is 0.275 e. The molecule has 1 saturated carbocycles. The lowest BCUT2D eigenvalue weighted by atomic mass is 9.93. The van der Waals surface area contributed by atoms with Gasteiger partial charge in [-0.3, -0.25) is 18.4 Å². The minimum atomic E-state index is -0.278. The van der Waals surface area contributed by atoms with Crippen molar-refractivity contribution in [2.45, 2.75) is 56.7 Å². The van der Waals surface area contributed by atoms with E-state index in [1.54, 1.807) is 0 Å². The average molecular weight is 553 g/mol. The standard InChI is InChI=1S/C32H32N4O3S/c37-24-12-10-23(11-13-24)36-32(39)26-8-4-7-25(30(26)40-36)29-31(38)34-28-17-21(9-14-27(28)33-29)22-15-16-35(19-22)18-20-5-2-1-3-6-20/h1-9,14,17,22-24,37H,10-13,15-16,18-19H2,(H,34,38). The first-order valence-electron chi connectivity index (χ1n) is 14.2. The summed E-state index contributed by atoms with van der Waals surface area (Å²) in [6, 6.07) is 22.4. The van der Waals surface area contributed by atoms with Gasteiger partial charge in [0.15, 0.2) is 0 Å². The van der Waals surface area contributed by atoms with Crippen LogP contribution in [0.25, 0.3) is 32.4 Å². The van der Waals surface area contributed by atoms with Crippen molar-refractivity contribution < 1.29 is 5.11 Å². The zero-order valence-electron chi connectivity index (χ0n) is 22.3. The molecule has 7 rings (SSSR count). The predicted octanol–water partition coefficient (Wildman–Crippen LogP) is 5.43. The fraction of sp³-hybridized carbons (Fsp3) is 0.344. The van der Waals surface area contributed by atoms with Crippen molar-refractivity contribution in [2.24, 2.45) is 0 Å². The van der Waals surface area contributed by atoms with Crippen molar-refractivity contribution in [1.29, 1.82) is 0 Å². The summed E-state index contributed by atoms with van der Waals surface area (Å²) in [7, 11) is 0. The molecule has 0 radical (unpaired) electrons. The Morgan fingerprint density at radius 3 is 2.60 bits per heavy atom. The number of aliphatic hydroxyl groups excluding tert-OH is 1. The summed E-state index contributed by atoms with van der Waals surface area (Å²) in [5.41, 5.74) is 4.79. The molecule has 2 aliphatic rings. The number of H-pyrrole nitrogens is 1. The highest BCUT2D eigenvalue weighted by molar-refractivity contribution is 7.14. The van der Waals surface area contributed by atoms with E-state index in [1.807, 2.05) is 34.3 Å². The molecule has 3 heterocycles. The molecule has 204 valence electrons. The van der Waals surface area contributed by atoms with Gasteiger partial charge in [-0.25, -0.2) is 4.98 Å². The van der Waals surface area contributed by atoms with Crippen molar-refractivity contribution in [3.63, 3.8) is 0 Å². The second kappa shape index (κ2) is 10.4.